The zero-order valence-electron chi connectivity index (χ0n) is 12.1. The largest absolute Gasteiger partial charge is 0.326 e. The second-order valence-corrected chi connectivity index (χ2v) is 5.45. The predicted octanol–water partition coefficient (Wildman–Crippen LogP) is 3.49. The number of nitrogens with two attached hydrogens (primary N) is 1. The number of anilines is 2. The standard InChI is InChI=1S/C17H21N3/c1-3-15(18)14-10-12(2)17(19-11-14)20-9-8-13-6-4-5-7-16(13)20/h4-7,10-11,15H,3,8-9,18H2,1-2H3. The average molecular weight is 267 g/mol. The fourth-order valence-corrected chi connectivity index (χ4v) is 2.87. The van der Waals surface area contributed by atoms with Crippen molar-refractivity contribution in [3.05, 3.63) is 53.2 Å². The van der Waals surface area contributed by atoms with Crippen molar-refractivity contribution in [2.24, 2.45) is 5.73 Å². The first-order valence-corrected chi connectivity index (χ1v) is 7.28. The van der Waals surface area contributed by atoms with Gasteiger partial charge in [0.25, 0.3) is 0 Å². The van der Waals surface area contributed by atoms with E-state index in [1.54, 1.807) is 0 Å². The zero-order valence-corrected chi connectivity index (χ0v) is 12.1. The lowest BCUT2D eigenvalue weighted by Crippen LogP contribution is -2.17. The summed E-state index contributed by atoms with van der Waals surface area (Å²) in [5.41, 5.74) is 11.1. The van der Waals surface area contributed by atoms with E-state index in [1.807, 2.05) is 6.20 Å². The van der Waals surface area contributed by atoms with E-state index in [0.29, 0.717) is 0 Å². The van der Waals surface area contributed by atoms with Crippen molar-refractivity contribution >= 4 is 11.5 Å². The third-order valence-electron chi connectivity index (χ3n) is 4.08. The van der Waals surface area contributed by atoms with E-state index in [-0.39, 0.29) is 6.04 Å². The van der Waals surface area contributed by atoms with Crippen LogP contribution in [0, 0.1) is 6.92 Å². The van der Waals surface area contributed by atoms with Gasteiger partial charge in [0.15, 0.2) is 0 Å². The zero-order chi connectivity index (χ0) is 14.1. The second-order valence-electron chi connectivity index (χ2n) is 5.45. The molecule has 2 N–H and O–H groups in total. The van der Waals surface area contributed by atoms with Crippen LogP contribution >= 0.6 is 0 Å². The van der Waals surface area contributed by atoms with Crippen LogP contribution in [0.3, 0.4) is 0 Å². The van der Waals surface area contributed by atoms with Crippen LogP contribution < -0.4 is 10.6 Å². The molecule has 1 aliphatic rings. The van der Waals surface area contributed by atoms with Crippen molar-refractivity contribution in [1.29, 1.82) is 0 Å². The number of rotatable bonds is 3. The Kier molecular flexibility index (Phi) is 3.45. The highest BCUT2D eigenvalue weighted by molar-refractivity contribution is 5.69. The summed E-state index contributed by atoms with van der Waals surface area (Å²) >= 11 is 0. The molecule has 1 aromatic heterocycles. The Morgan fingerprint density at radius 1 is 1.35 bits per heavy atom. The monoisotopic (exact) mass is 267 g/mol. The summed E-state index contributed by atoms with van der Waals surface area (Å²) in [6.45, 7) is 5.23. The average Bonchev–Trinajstić information content (AvgIpc) is 2.90. The van der Waals surface area contributed by atoms with Crippen LogP contribution in [-0.2, 0) is 6.42 Å². The van der Waals surface area contributed by atoms with Gasteiger partial charge in [0.05, 0.1) is 0 Å². The maximum absolute atomic E-state index is 6.09. The molecule has 104 valence electrons. The van der Waals surface area contributed by atoms with Crippen LogP contribution in [0.25, 0.3) is 0 Å². The molecule has 0 bridgehead atoms. The van der Waals surface area contributed by atoms with Gasteiger partial charge in [-0.25, -0.2) is 4.98 Å². The number of nitrogens with zero attached hydrogens (tertiary/aromatic N) is 2. The first kappa shape index (κ1) is 13.1. The summed E-state index contributed by atoms with van der Waals surface area (Å²) in [5.74, 6) is 1.06. The van der Waals surface area contributed by atoms with Crippen molar-refractivity contribution in [2.45, 2.75) is 32.7 Å². The third kappa shape index (κ3) is 2.18. The number of benzene rings is 1. The molecule has 1 aliphatic heterocycles. The fourth-order valence-electron chi connectivity index (χ4n) is 2.87. The van der Waals surface area contributed by atoms with Crippen molar-refractivity contribution < 1.29 is 0 Å². The molecule has 0 aliphatic carbocycles. The van der Waals surface area contributed by atoms with Gasteiger partial charge < -0.3 is 10.6 Å². The van der Waals surface area contributed by atoms with Crippen molar-refractivity contribution in [3.63, 3.8) is 0 Å². The molecule has 3 nitrogen and oxygen atoms in total. The number of para-hydroxylation sites is 1. The van der Waals surface area contributed by atoms with E-state index in [2.05, 4.69) is 54.1 Å². The molecule has 0 radical (unpaired) electrons. The van der Waals surface area contributed by atoms with E-state index >= 15 is 0 Å². The minimum atomic E-state index is 0.0844. The van der Waals surface area contributed by atoms with Crippen LogP contribution in [-0.4, -0.2) is 11.5 Å². The van der Waals surface area contributed by atoms with Gasteiger partial charge in [0.1, 0.15) is 5.82 Å². The summed E-state index contributed by atoms with van der Waals surface area (Å²) in [4.78, 5) is 6.99. The Balaban J connectivity index is 1.96. The maximum atomic E-state index is 6.09. The molecule has 0 saturated carbocycles. The molecule has 0 spiro atoms. The van der Waals surface area contributed by atoms with Crippen LogP contribution in [0.2, 0.25) is 0 Å². The molecule has 1 atom stereocenters. The van der Waals surface area contributed by atoms with Crippen molar-refractivity contribution in [1.82, 2.24) is 4.98 Å². The summed E-state index contributed by atoms with van der Waals surface area (Å²) < 4.78 is 0. The maximum Gasteiger partial charge on any atom is 0.135 e. The first-order chi connectivity index (χ1) is 9.70. The first-order valence-electron chi connectivity index (χ1n) is 7.28. The lowest BCUT2D eigenvalue weighted by Gasteiger charge is -2.21. The van der Waals surface area contributed by atoms with E-state index in [9.17, 15) is 0 Å². The Bertz CT molecular complexity index is 621. The van der Waals surface area contributed by atoms with Gasteiger partial charge >= 0.3 is 0 Å². The molecule has 3 rings (SSSR count). The van der Waals surface area contributed by atoms with Crippen LogP contribution in [0.4, 0.5) is 11.5 Å². The molecular weight excluding hydrogens is 246 g/mol. The van der Waals surface area contributed by atoms with Gasteiger partial charge in [0.2, 0.25) is 0 Å². The number of aryl methyl sites for hydroxylation is 1. The highest BCUT2D eigenvalue weighted by Crippen LogP contribution is 2.35. The SMILES string of the molecule is CCC(N)c1cnc(N2CCc3ccccc32)c(C)c1. The molecular formula is C17H21N3. The summed E-state index contributed by atoms with van der Waals surface area (Å²) in [7, 11) is 0. The third-order valence-corrected chi connectivity index (χ3v) is 4.08. The van der Waals surface area contributed by atoms with Gasteiger partial charge in [0, 0.05) is 24.5 Å². The van der Waals surface area contributed by atoms with Gasteiger partial charge in [-0.3, -0.25) is 0 Å². The van der Waals surface area contributed by atoms with E-state index in [1.165, 1.54) is 16.8 Å². The van der Waals surface area contributed by atoms with Gasteiger partial charge in [-0.2, -0.15) is 0 Å². The highest BCUT2D eigenvalue weighted by Gasteiger charge is 2.22. The van der Waals surface area contributed by atoms with Gasteiger partial charge in [-0.15, -0.1) is 0 Å². The van der Waals surface area contributed by atoms with Crippen molar-refractivity contribution in [2.75, 3.05) is 11.4 Å². The summed E-state index contributed by atoms with van der Waals surface area (Å²) in [5, 5.41) is 0. The van der Waals surface area contributed by atoms with Gasteiger partial charge in [-0.05, 0) is 48.6 Å². The number of hydrogen-bond acceptors (Lipinski definition) is 3. The van der Waals surface area contributed by atoms with Crippen LogP contribution in [0.1, 0.15) is 36.1 Å². The lowest BCUT2D eigenvalue weighted by molar-refractivity contribution is 0.694. The fraction of sp³-hybridized carbons (Fsp3) is 0.353. The van der Waals surface area contributed by atoms with Crippen LogP contribution in [0.5, 0.6) is 0 Å². The van der Waals surface area contributed by atoms with Crippen LogP contribution in [0.15, 0.2) is 36.5 Å². The molecule has 2 aromatic rings. The Labute approximate surface area is 120 Å². The highest BCUT2D eigenvalue weighted by atomic mass is 15.2. The molecule has 20 heavy (non-hydrogen) atoms. The summed E-state index contributed by atoms with van der Waals surface area (Å²) in [6, 6.07) is 10.8. The normalized spacial score (nSPS) is 15.2. The quantitative estimate of drug-likeness (QED) is 0.925. The van der Waals surface area contributed by atoms with E-state index in [4.69, 9.17) is 5.73 Å². The Morgan fingerprint density at radius 2 is 2.15 bits per heavy atom. The Morgan fingerprint density at radius 3 is 2.90 bits per heavy atom. The minimum Gasteiger partial charge on any atom is -0.326 e. The lowest BCUT2D eigenvalue weighted by atomic mass is 10.1. The number of aromatic nitrogens is 1. The molecule has 0 saturated heterocycles. The molecule has 1 aromatic carbocycles. The van der Waals surface area contributed by atoms with E-state index in [0.717, 1.165) is 30.8 Å². The molecule has 0 fully saturated rings. The number of hydrogen-bond donors (Lipinski definition) is 1. The number of fused-ring (bicyclic) bond motifs is 1. The van der Waals surface area contributed by atoms with Gasteiger partial charge in [-0.1, -0.05) is 25.1 Å². The van der Waals surface area contributed by atoms with Crippen molar-refractivity contribution in [3.8, 4) is 0 Å². The molecule has 1 unspecified atom stereocenters. The minimum absolute atomic E-state index is 0.0844. The Hall–Kier alpha value is -1.87. The second kappa shape index (κ2) is 5.25. The molecule has 0 amide bonds. The number of pyridine rings is 1. The molecule has 3 heteroatoms. The predicted molar refractivity (Wildman–Crippen MR) is 83.3 cm³/mol. The topological polar surface area (TPSA) is 42.1 Å². The summed E-state index contributed by atoms with van der Waals surface area (Å²) in [6.07, 6.45) is 3.96. The smallest absolute Gasteiger partial charge is 0.135 e. The van der Waals surface area contributed by atoms with E-state index < -0.39 is 0 Å². The molecule has 2 heterocycles.